The molecule has 1 aromatic heterocycles. The molecule has 1 aliphatic rings. The summed E-state index contributed by atoms with van der Waals surface area (Å²) in [5.74, 6) is 2.03. The lowest BCUT2D eigenvalue weighted by Gasteiger charge is -2.19. The largest absolute Gasteiger partial charge is 0.488 e. The van der Waals surface area contributed by atoms with Gasteiger partial charge in [-0.15, -0.1) is 0 Å². The number of aromatic nitrogens is 1. The Morgan fingerprint density at radius 2 is 1.23 bits per heavy atom. The van der Waals surface area contributed by atoms with E-state index in [1.165, 1.54) is 6.20 Å². The number of dihydropyridines is 1. The smallest absolute Gasteiger partial charge is 0.142 e. The number of nitrogens with one attached hydrogen (secondary N) is 1. The number of hydrogen-bond donors (Lipinski definition) is 3. The molecule has 5 N–H and O–H groups in total. The van der Waals surface area contributed by atoms with Gasteiger partial charge in [0.25, 0.3) is 0 Å². The average Bonchev–Trinajstić information content (AvgIpc) is 3.22. The van der Waals surface area contributed by atoms with Crippen LogP contribution in [0.3, 0.4) is 0 Å². The topological polar surface area (TPSA) is 161 Å². The molecule has 0 spiro atoms. The summed E-state index contributed by atoms with van der Waals surface area (Å²) in [5, 5.41) is 22.4. The number of nitrogens with zero attached hydrogens (tertiary/aromatic N) is 3. The molecule has 6 rings (SSSR count). The Bertz CT molecular complexity index is 2400. The second kappa shape index (κ2) is 18.5. The molecule has 56 heavy (non-hydrogen) atoms. The second-order valence-corrected chi connectivity index (χ2v) is 13.9. The van der Waals surface area contributed by atoms with Crippen LogP contribution in [0.15, 0.2) is 103 Å². The number of hydrogen-bond acceptors (Lipinski definition) is 10. The maximum atomic E-state index is 9.27. The van der Waals surface area contributed by atoms with E-state index in [0.717, 1.165) is 55.6 Å². The number of benzene rings is 4. The summed E-state index contributed by atoms with van der Waals surface area (Å²) >= 11 is 13.3. The molecule has 4 aromatic carbocycles. The van der Waals surface area contributed by atoms with E-state index in [4.69, 9.17) is 53.6 Å². The van der Waals surface area contributed by atoms with Gasteiger partial charge in [-0.05, 0) is 71.5 Å². The van der Waals surface area contributed by atoms with Crippen molar-refractivity contribution in [1.82, 2.24) is 10.3 Å². The number of nitriles is 2. The molecule has 12 heteroatoms. The van der Waals surface area contributed by atoms with Gasteiger partial charge in [0.05, 0.1) is 21.7 Å². The number of pyridine rings is 1. The molecule has 0 amide bonds. The highest BCUT2D eigenvalue weighted by atomic mass is 35.5. The highest BCUT2D eigenvalue weighted by Gasteiger charge is 2.17. The quantitative estimate of drug-likeness (QED) is 0.0938. The molecule has 0 saturated heterocycles. The second-order valence-electron chi connectivity index (χ2n) is 13.1. The number of rotatable bonds is 15. The molecule has 0 fully saturated rings. The molecule has 0 atom stereocenters. The summed E-state index contributed by atoms with van der Waals surface area (Å²) < 4.78 is 24.8. The predicted molar refractivity (Wildman–Crippen MR) is 217 cm³/mol. The van der Waals surface area contributed by atoms with Crippen LogP contribution in [0.4, 0.5) is 0 Å². The fourth-order valence-electron chi connectivity index (χ4n) is 6.25. The van der Waals surface area contributed by atoms with Gasteiger partial charge in [0, 0.05) is 78.2 Å². The molecule has 0 bridgehead atoms. The Kier molecular flexibility index (Phi) is 13.1. The van der Waals surface area contributed by atoms with Crippen LogP contribution in [0.2, 0.25) is 10.0 Å². The third-order valence-corrected chi connectivity index (χ3v) is 10.0. The summed E-state index contributed by atoms with van der Waals surface area (Å²) in [6.45, 7) is 6.08. The highest BCUT2D eigenvalue weighted by molar-refractivity contribution is 6.32. The summed E-state index contributed by atoms with van der Waals surface area (Å²) in [5.41, 5.74) is 22.4. The summed E-state index contributed by atoms with van der Waals surface area (Å²) in [6.07, 6.45) is 6.80. The molecule has 0 saturated carbocycles. The third kappa shape index (κ3) is 9.43. The van der Waals surface area contributed by atoms with E-state index in [0.29, 0.717) is 50.7 Å². The van der Waals surface area contributed by atoms with Crippen LogP contribution in [0.5, 0.6) is 23.0 Å². The maximum Gasteiger partial charge on any atom is 0.142 e. The lowest BCUT2D eigenvalue weighted by molar-refractivity contribution is 0.287. The van der Waals surface area contributed by atoms with Crippen molar-refractivity contribution in [2.45, 2.75) is 46.8 Å². The molecule has 0 radical (unpaired) electrons. The van der Waals surface area contributed by atoms with Crippen LogP contribution in [0.1, 0.15) is 44.5 Å². The van der Waals surface area contributed by atoms with Crippen LogP contribution < -0.4 is 35.7 Å². The Morgan fingerprint density at radius 3 is 1.77 bits per heavy atom. The van der Waals surface area contributed by atoms with E-state index in [-0.39, 0.29) is 39.5 Å². The summed E-state index contributed by atoms with van der Waals surface area (Å²) in [4.78, 5) is 4.10. The summed E-state index contributed by atoms with van der Waals surface area (Å²) in [6, 6.07) is 25.3. The van der Waals surface area contributed by atoms with Gasteiger partial charge in [-0.3, -0.25) is 4.98 Å². The van der Waals surface area contributed by atoms with E-state index in [1.807, 2.05) is 36.5 Å². The minimum absolute atomic E-state index is 0.199. The minimum Gasteiger partial charge on any atom is -0.488 e. The monoisotopic (exact) mass is 786 g/mol. The molecular weight excluding hydrogens is 747 g/mol. The van der Waals surface area contributed by atoms with Gasteiger partial charge in [0.2, 0.25) is 0 Å². The van der Waals surface area contributed by atoms with Crippen molar-refractivity contribution in [2.24, 2.45) is 11.5 Å². The lowest BCUT2D eigenvalue weighted by Crippen LogP contribution is -2.17. The Labute approximate surface area is 336 Å². The number of nitrogens with two attached hydrogens (primary N) is 2. The molecule has 2 heterocycles. The fourth-order valence-corrected chi connectivity index (χ4v) is 6.73. The van der Waals surface area contributed by atoms with Gasteiger partial charge in [0.15, 0.2) is 0 Å². The van der Waals surface area contributed by atoms with Crippen molar-refractivity contribution in [3.8, 4) is 46.3 Å². The SMILES string of the molecule is Cc1c(COc2cc(OCC3=CNCC(C#N)=C3)c(CN)cc2Cl)cccc1-c1cccc(COc2cc(OCc3cncc(C#N)c3)c(CN)cc2Cl)c1C. The third-order valence-electron chi connectivity index (χ3n) is 9.41. The first-order valence-electron chi connectivity index (χ1n) is 17.8. The van der Waals surface area contributed by atoms with Crippen LogP contribution in [0, 0.1) is 36.5 Å². The van der Waals surface area contributed by atoms with Gasteiger partial charge in [-0.1, -0.05) is 59.6 Å². The molecule has 284 valence electrons. The zero-order valence-corrected chi connectivity index (χ0v) is 32.5. The van der Waals surface area contributed by atoms with Gasteiger partial charge in [-0.2, -0.15) is 10.5 Å². The van der Waals surface area contributed by atoms with E-state index in [2.05, 4.69) is 48.4 Å². The van der Waals surface area contributed by atoms with E-state index >= 15 is 0 Å². The minimum atomic E-state index is 0.199. The molecule has 1 aliphatic heterocycles. The Balaban J connectivity index is 1.16. The van der Waals surface area contributed by atoms with Gasteiger partial charge in [-0.25, -0.2) is 0 Å². The number of halogens is 2. The molecular formula is C44H40Cl2N6O4. The van der Waals surface area contributed by atoms with Crippen molar-refractivity contribution in [2.75, 3.05) is 13.2 Å². The lowest BCUT2D eigenvalue weighted by atomic mass is 9.92. The molecule has 0 unspecified atom stereocenters. The standard InChI is InChI=1S/C44H40Cl2N6O4/c1-27-33(25-55-43-13-41(35(17-49)11-39(43)45)53-23-31-9-29(15-47)19-51-21-31)5-3-7-37(27)38-8-4-6-34(28(38)2)26-56-44-14-42(36(18-50)12-40(44)46)54-24-32-10-30(16-48)20-52-22-32/h3-14,19,21-22,52H,17-18,20,23-26,49-50H2,1-2H3. The van der Waals surface area contributed by atoms with Crippen molar-refractivity contribution in [1.29, 1.82) is 10.5 Å². The normalized spacial score (nSPS) is 12.1. The van der Waals surface area contributed by atoms with Crippen molar-refractivity contribution < 1.29 is 18.9 Å². The average molecular weight is 788 g/mol. The first kappa shape index (κ1) is 39.7. The van der Waals surface area contributed by atoms with Crippen LogP contribution in [0.25, 0.3) is 11.1 Å². The van der Waals surface area contributed by atoms with Crippen molar-refractivity contribution in [3.63, 3.8) is 0 Å². The maximum absolute atomic E-state index is 9.27. The van der Waals surface area contributed by atoms with Crippen molar-refractivity contribution in [3.05, 3.63) is 157 Å². The zero-order valence-electron chi connectivity index (χ0n) is 31.0. The van der Waals surface area contributed by atoms with Crippen LogP contribution in [-0.4, -0.2) is 18.1 Å². The number of ether oxygens (including phenoxy) is 4. The summed E-state index contributed by atoms with van der Waals surface area (Å²) in [7, 11) is 0. The molecule has 0 aliphatic carbocycles. The van der Waals surface area contributed by atoms with E-state index in [9.17, 15) is 10.5 Å². The zero-order chi connectivity index (χ0) is 39.6. The van der Waals surface area contributed by atoms with Gasteiger partial charge >= 0.3 is 0 Å². The van der Waals surface area contributed by atoms with Crippen molar-refractivity contribution >= 4 is 23.2 Å². The molecule has 10 nitrogen and oxygen atoms in total. The predicted octanol–water partition coefficient (Wildman–Crippen LogP) is 8.51. The van der Waals surface area contributed by atoms with E-state index < -0.39 is 0 Å². The molecule has 5 aromatic rings. The van der Waals surface area contributed by atoms with Gasteiger partial charge in [0.1, 0.15) is 55.5 Å². The van der Waals surface area contributed by atoms with Crippen LogP contribution in [-0.2, 0) is 32.9 Å². The Morgan fingerprint density at radius 1 is 0.679 bits per heavy atom. The Hall–Kier alpha value is -6.01. The van der Waals surface area contributed by atoms with E-state index in [1.54, 1.807) is 36.5 Å². The highest BCUT2D eigenvalue weighted by Crippen LogP contribution is 2.37. The van der Waals surface area contributed by atoms with Gasteiger partial charge < -0.3 is 35.7 Å². The first-order chi connectivity index (χ1) is 27.2. The fraction of sp³-hybridized carbons (Fsp3) is 0.205. The first-order valence-corrected chi connectivity index (χ1v) is 18.6. The van der Waals surface area contributed by atoms with Crippen LogP contribution >= 0.6 is 23.2 Å².